The van der Waals surface area contributed by atoms with Crippen molar-refractivity contribution in [1.82, 2.24) is 0 Å². The molecule has 100 valence electrons. The van der Waals surface area contributed by atoms with Crippen molar-refractivity contribution in [3.05, 3.63) is 44.5 Å². The first-order valence-corrected chi connectivity index (χ1v) is 6.53. The molecule has 0 aliphatic carbocycles. The summed E-state index contributed by atoms with van der Waals surface area (Å²) >= 11 is 6.09. The van der Waals surface area contributed by atoms with Crippen LogP contribution in [0.15, 0.2) is 37.6 Å². The van der Waals surface area contributed by atoms with Crippen molar-refractivity contribution < 1.29 is 22.4 Å². The number of halogens is 5. The molecule has 0 amide bonds. The van der Waals surface area contributed by atoms with Crippen LogP contribution in [-0.4, -0.2) is 6.29 Å². The molecule has 2 nitrogen and oxygen atoms in total. The SMILES string of the molecule is O=Cc1ccc(-c2c(Br)cc(Br)cc2C(F)(F)F)o1. The van der Waals surface area contributed by atoms with Gasteiger partial charge in [0.15, 0.2) is 12.0 Å². The fourth-order valence-electron chi connectivity index (χ4n) is 1.60. The first kappa shape index (κ1) is 14.3. The Morgan fingerprint density at radius 3 is 2.37 bits per heavy atom. The first-order valence-electron chi connectivity index (χ1n) is 4.94. The van der Waals surface area contributed by atoms with Crippen LogP contribution in [0.2, 0.25) is 0 Å². The minimum atomic E-state index is -4.53. The third kappa shape index (κ3) is 2.92. The molecule has 0 saturated heterocycles. The normalized spacial score (nSPS) is 11.6. The summed E-state index contributed by atoms with van der Waals surface area (Å²) in [5.41, 5.74) is -0.982. The maximum atomic E-state index is 13.0. The largest absolute Gasteiger partial charge is 0.453 e. The van der Waals surface area contributed by atoms with E-state index in [2.05, 4.69) is 31.9 Å². The van der Waals surface area contributed by atoms with E-state index in [1.165, 1.54) is 18.2 Å². The van der Waals surface area contributed by atoms with Crippen molar-refractivity contribution in [2.75, 3.05) is 0 Å². The van der Waals surface area contributed by atoms with Gasteiger partial charge in [-0.3, -0.25) is 4.79 Å². The minimum Gasteiger partial charge on any atom is -0.453 e. The first-order chi connectivity index (χ1) is 8.82. The average molecular weight is 398 g/mol. The van der Waals surface area contributed by atoms with Crippen molar-refractivity contribution in [2.24, 2.45) is 0 Å². The van der Waals surface area contributed by atoms with Crippen LogP contribution in [0.25, 0.3) is 11.3 Å². The molecule has 0 spiro atoms. The molecule has 0 aliphatic heterocycles. The number of carbonyl (C=O) groups is 1. The zero-order chi connectivity index (χ0) is 14.2. The highest BCUT2D eigenvalue weighted by Crippen LogP contribution is 2.43. The molecule has 1 aromatic heterocycles. The van der Waals surface area contributed by atoms with Gasteiger partial charge in [0.25, 0.3) is 0 Å². The van der Waals surface area contributed by atoms with Crippen molar-refractivity contribution in [1.29, 1.82) is 0 Å². The van der Waals surface area contributed by atoms with Gasteiger partial charge in [-0.15, -0.1) is 0 Å². The van der Waals surface area contributed by atoms with E-state index < -0.39 is 11.7 Å². The van der Waals surface area contributed by atoms with Crippen LogP contribution in [0.3, 0.4) is 0 Å². The van der Waals surface area contributed by atoms with Gasteiger partial charge in [-0.1, -0.05) is 15.9 Å². The topological polar surface area (TPSA) is 30.2 Å². The van der Waals surface area contributed by atoms with Crippen molar-refractivity contribution in [3.8, 4) is 11.3 Å². The number of furan rings is 1. The molecular weight excluding hydrogens is 393 g/mol. The molecule has 1 aromatic carbocycles. The average Bonchev–Trinajstić information content (AvgIpc) is 2.75. The molecular formula is C12H5Br2F3O2. The maximum Gasteiger partial charge on any atom is 0.417 e. The van der Waals surface area contributed by atoms with Crippen molar-refractivity contribution in [2.45, 2.75) is 6.18 Å². The molecule has 0 unspecified atom stereocenters. The van der Waals surface area contributed by atoms with Gasteiger partial charge in [-0.2, -0.15) is 13.2 Å². The third-order valence-electron chi connectivity index (χ3n) is 2.35. The lowest BCUT2D eigenvalue weighted by Crippen LogP contribution is -2.07. The molecule has 0 bridgehead atoms. The second kappa shape index (κ2) is 5.13. The predicted molar refractivity (Wildman–Crippen MR) is 69.9 cm³/mol. The summed E-state index contributed by atoms with van der Waals surface area (Å²) in [6, 6.07) is 5.08. The Bertz CT molecular complexity index is 632. The summed E-state index contributed by atoms with van der Waals surface area (Å²) < 4.78 is 44.7. The molecule has 0 fully saturated rings. The Labute approximate surface area is 122 Å². The van der Waals surface area contributed by atoms with Crippen molar-refractivity contribution >= 4 is 38.1 Å². The van der Waals surface area contributed by atoms with E-state index in [9.17, 15) is 18.0 Å². The summed E-state index contributed by atoms with van der Waals surface area (Å²) in [7, 11) is 0. The number of aldehydes is 1. The summed E-state index contributed by atoms with van der Waals surface area (Å²) in [5.74, 6) is -0.0493. The van der Waals surface area contributed by atoms with E-state index in [4.69, 9.17) is 4.42 Å². The fraction of sp³-hybridized carbons (Fsp3) is 0.0833. The lowest BCUT2D eigenvalue weighted by molar-refractivity contribution is -0.137. The summed E-state index contributed by atoms with van der Waals surface area (Å²) in [6.07, 6.45) is -4.10. The Hall–Kier alpha value is -1.08. The molecule has 0 saturated carbocycles. The van der Waals surface area contributed by atoms with E-state index in [1.54, 1.807) is 0 Å². The van der Waals surface area contributed by atoms with E-state index in [0.29, 0.717) is 6.29 Å². The Morgan fingerprint density at radius 2 is 1.84 bits per heavy atom. The van der Waals surface area contributed by atoms with Gasteiger partial charge in [0.05, 0.1) is 5.56 Å². The highest BCUT2D eigenvalue weighted by molar-refractivity contribution is 9.11. The summed E-state index contributed by atoms with van der Waals surface area (Å²) in [5, 5.41) is 0. The van der Waals surface area contributed by atoms with Gasteiger partial charge < -0.3 is 4.42 Å². The zero-order valence-electron chi connectivity index (χ0n) is 9.09. The molecule has 1 heterocycles. The summed E-state index contributed by atoms with van der Waals surface area (Å²) in [4.78, 5) is 10.5. The Kier molecular flexibility index (Phi) is 3.87. The number of benzene rings is 1. The Balaban J connectivity index is 2.71. The van der Waals surface area contributed by atoms with Crippen LogP contribution in [0.4, 0.5) is 13.2 Å². The molecule has 0 N–H and O–H groups in total. The second-order valence-electron chi connectivity index (χ2n) is 3.63. The van der Waals surface area contributed by atoms with Crippen LogP contribution >= 0.6 is 31.9 Å². The number of carbonyl (C=O) groups excluding carboxylic acids is 1. The van der Waals surface area contributed by atoms with Crippen LogP contribution in [-0.2, 0) is 6.18 Å². The third-order valence-corrected chi connectivity index (χ3v) is 3.43. The van der Waals surface area contributed by atoms with Crippen LogP contribution < -0.4 is 0 Å². The second-order valence-corrected chi connectivity index (χ2v) is 5.40. The van der Waals surface area contributed by atoms with Gasteiger partial charge in [0.2, 0.25) is 0 Å². The fourth-order valence-corrected chi connectivity index (χ4v) is 3.02. The van der Waals surface area contributed by atoms with Crippen LogP contribution in [0.1, 0.15) is 16.1 Å². The van der Waals surface area contributed by atoms with E-state index in [1.807, 2.05) is 0 Å². The highest BCUT2D eigenvalue weighted by atomic mass is 79.9. The molecule has 2 rings (SSSR count). The number of alkyl halides is 3. The lowest BCUT2D eigenvalue weighted by atomic mass is 10.1. The molecule has 0 radical (unpaired) electrons. The number of hydrogen-bond donors (Lipinski definition) is 0. The maximum absolute atomic E-state index is 13.0. The molecule has 7 heteroatoms. The van der Waals surface area contributed by atoms with E-state index in [-0.39, 0.29) is 26.0 Å². The smallest absolute Gasteiger partial charge is 0.417 e. The van der Waals surface area contributed by atoms with Crippen molar-refractivity contribution in [3.63, 3.8) is 0 Å². The summed E-state index contributed by atoms with van der Waals surface area (Å²) in [6.45, 7) is 0. The monoisotopic (exact) mass is 396 g/mol. The van der Waals surface area contributed by atoms with E-state index >= 15 is 0 Å². The number of hydrogen-bond acceptors (Lipinski definition) is 2. The van der Waals surface area contributed by atoms with Gasteiger partial charge >= 0.3 is 6.18 Å². The minimum absolute atomic E-state index is 0.0196. The molecule has 19 heavy (non-hydrogen) atoms. The van der Waals surface area contributed by atoms with Gasteiger partial charge in [-0.05, 0) is 40.2 Å². The molecule has 0 aliphatic rings. The lowest BCUT2D eigenvalue weighted by Gasteiger charge is -2.13. The van der Waals surface area contributed by atoms with Crippen LogP contribution in [0.5, 0.6) is 0 Å². The number of rotatable bonds is 2. The zero-order valence-corrected chi connectivity index (χ0v) is 12.3. The van der Waals surface area contributed by atoms with Gasteiger partial charge in [0, 0.05) is 14.5 Å². The predicted octanol–water partition coefficient (Wildman–Crippen LogP) is 5.30. The standard InChI is InChI=1S/C12H5Br2F3O2/c13-6-3-8(12(15,16)17)11(9(14)4-6)10-2-1-7(5-18)19-10/h1-5H. The van der Waals surface area contributed by atoms with Crippen LogP contribution in [0, 0.1) is 0 Å². The molecule has 0 atom stereocenters. The quantitative estimate of drug-likeness (QED) is 0.643. The van der Waals surface area contributed by atoms with Gasteiger partial charge in [-0.25, -0.2) is 0 Å². The Morgan fingerprint density at radius 1 is 1.16 bits per heavy atom. The van der Waals surface area contributed by atoms with E-state index in [0.717, 1.165) is 6.07 Å². The van der Waals surface area contributed by atoms with Gasteiger partial charge in [0.1, 0.15) is 5.76 Å². The molecule has 2 aromatic rings. The highest BCUT2D eigenvalue weighted by Gasteiger charge is 2.36.